The van der Waals surface area contributed by atoms with E-state index >= 15 is 0 Å². The molecule has 12 heavy (non-hydrogen) atoms. The number of hydrogen-bond donors (Lipinski definition) is 1. The second-order valence-corrected chi connectivity index (χ2v) is 3.02. The fourth-order valence-corrected chi connectivity index (χ4v) is 0.980. The number of nitrogen functional groups attached to an aromatic ring is 1. The van der Waals surface area contributed by atoms with Crippen LogP contribution in [0.5, 0.6) is 0 Å². The lowest BCUT2D eigenvalue weighted by molar-refractivity contribution is 0.0979. The third-order valence-corrected chi connectivity index (χ3v) is 1.62. The van der Waals surface area contributed by atoms with Crippen LogP contribution in [-0.2, 0) is 0 Å². The molecule has 66 valence electrons. The van der Waals surface area contributed by atoms with E-state index in [-0.39, 0.29) is 17.5 Å². The zero-order valence-corrected chi connectivity index (χ0v) is 7.42. The number of nitrogens with two attached hydrogens (primary N) is 1. The fraction of sp³-hybridized carbons (Fsp3) is 0.500. The van der Waals surface area contributed by atoms with Crippen LogP contribution >= 0.6 is 0 Å². The molecule has 4 nitrogen and oxygen atoms in total. The average Bonchev–Trinajstić information content (AvgIpc) is 2.30. The summed E-state index contributed by atoms with van der Waals surface area (Å²) in [6.45, 7) is 5.29. The van der Waals surface area contributed by atoms with Crippen molar-refractivity contribution >= 4 is 11.5 Å². The summed E-state index contributed by atoms with van der Waals surface area (Å²) in [5.74, 6) is 0.160. The van der Waals surface area contributed by atoms with E-state index in [1.54, 1.807) is 0 Å². The number of nitrogens with zero attached hydrogens (tertiary/aromatic N) is 1. The third kappa shape index (κ3) is 1.32. The molecule has 0 unspecified atom stereocenters. The van der Waals surface area contributed by atoms with Gasteiger partial charge in [-0.1, -0.05) is 19.0 Å². The number of Topliss-reactive ketones (excluding diaryl/α,β-unsaturated/α-hetero) is 1. The van der Waals surface area contributed by atoms with Gasteiger partial charge in [0.05, 0.1) is 0 Å². The summed E-state index contributed by atoms with van der Waals surface area (Å²) in [6.07, 6.45) is 0. The van der Waals surface area contributed by atoms with Gasteiger partial charge in [0.2, 0.25) is 5.76 Å². The maximum Gasteiger partial charge on any atom is 0.225 e. The molecule has 1 aromatic heterocycles. The van der Waals surface area contributed by atoms with E-state index in [2.05, 4.69) is 5.16 Å². The van der Waals surface area contributed by atoms with Gasteiger partial charge in [0.1, 0.15) is 11.4 Å². The van der Waals surface area contributed by atoms with Crippen LogP contribution in [0.3, 0.4) is 0 Å². The summed E-state index contributed by atoms with van der Waals surface area (Å²) in [4.78, 5) is 10.9. The van der Waals surface area contributed by atoms with Crippen LogP contribution < -0.4 is 5.73 Å². The SMILES string of the molecule is CC(=O)c1onc(C(C)C)c1N. The van der Waals surface area contributed by atoms with Gasteiger partial charge < -0.3 is 10.3 Å². The van der Waals surface area contributed by atoms with E-state index in [0.29, 0.717) is 11.4 Å². The Bertz CT molecular complexity index is 302. The Balaban J connectivity index is 3.13. The highest BCUT2D eigenvalue weighted by Gasteiger charge is 2.18. The topological polar surface area (TPSA) is 69.1 Å². The van der Waals surface area contributed by atoms with E-state index in [1.807, 2.05) is 13.8 Å². The Morgan fingerprint density at radius 1 is 1.58 bits per heavy atom. The van der Waals surface area contributed by atoms with Gasteiger partial charge in [-0.2, -0.15) is 0 Å². The number of ketones is 1. The summed E-state index contributed by atoms with van der Waals surface area (Å²) in [7, 11) is 0. The van der Waals surface area contributed by atoms with E-state index in [9.17, 15) is 4.79 Å². The van der Waals surface area contributed by atoms with Crippen molar-refractivity contribution in [2.45, 2.75) is 26.7 Å². The highest BCUT2D eigenvalue weighted by molar-refractivity contribution is 5.96. The predicted octanol–water partition coefficient (Wildman–Crippen LogP) is 1.58. The Kier molecular flexibility index (Phi) is 2.17. The Morgan fingerprint density at radius 3 is 2.42 bits per heavy atom. The summed E-state index contributed by atoms with van der Waals surface area (Å²) in [5, 5.41) is 3.72. The number of carbonyl (C=O) groups excluding carboxylic acids is 1. The van der Waals surface area contributed by atoms with Crippen molar-refractivity contribution in [1.29, 1.82) is 0 Å². The molecule has 0 aliphatic heterocycles. The van der Waals surface area contributed by atoms with Crippen molar-refractivity contribution in [3.05, 3.63) is 11.5 Å². The first-order valence-corrected chi connectivity index (χ1v) is 3.80. The highest BCUT2D eigenvalue weighted by atomic mass is 16.5. The second kappa shape index (κ2) is 2.97. The molecular formula is C8H12N2O2. The Morgan fingerprint density at radius 2 is 2.17 bits per heavy atom. The maximum atomic E-state index is 10.9. The molecular weight excluding hydrogens is 156 g/mol. The van der Waals surface area contributed by atoms with Gasteiger partial charge in [-0.25, -0.2) is 0 Å². The van der Waals surface area contributed by atoms with Crippen molar-refractivity contribution in [2.75, 3.05) is 5.73 Å². The molecule has 0 saturated heterocycles. The Labute approximate surface area is 70.7 Å². The van der Waals surface area contributed by atoms with E-state index in [0.717, 1.165) is 0 Å². The summed E-state index contributed by atoms with van der Waals surface area (Å²) < 4.78 is 4.79. The van der Waals surface area contributed by atoms with E-state index in [1.165, 1.54) is 6.92 Å². The van der Waals surface area contributed by atoms with Gasteiger partial charge in [-0.15, -0.1) is 0 Å². The van der Waals surface area contributed by atoms with E-state index < -0.39 is 0 Å². The van der Waals surface area contributed by atoms with Crippen LogP contribution in [0.4, 0.5) is 5.69 Å². The molecule has 0 aromatic carbocycles. The molecule has 0 amide bonds. The normalized spacial score (nSPS) is 10.7. The van der Waals surface area contributed by atoms with Crippen molar-refractivity contribution in [3.63, 3.8) is 0 Å². The monoisotopic (exact) mass is 168 g/mol. The summed E-state index contributed by atoms with van der Waals surface area (Å²) >= 11 is 0. The van der Waals surface area contributed by atoms with Gasteiger partial charge in [-0.05, 0) is 0 Å². The lowest BCUT2D eigenvalue weighted by Gasteiger charge is -1.98. The molecule has 0 aliphatic carbocycles. The maximum absolute atomic E-state index is 10.9. The zero-order chi connectivity index (χ0) is 9.30. The molecule has 0 saturated carbocycles. The molecule has 4 heteroatoms. The molecule has 1 aromatic rings. The molecule has 1 heterocycles. The van der Waals surface area contributed by atoms with Crippen LogP contribution in [-0.4, -0.2) is 10.9 Å². The van der Waals surface area contributed by atoms with Crippen LogP contribution in [0, 0.1) is 0 Å². The summed E-state index contributed by atoms with van der Waals surface area (Å²) in [5.41, 5.74) is 6.65. The minimum absolute atomic E-state index is 0.165. The second-order valence-electron chi connectivity index (χ2n) is 3.02. The van der Waals surface area contributed by atoms with Crippen LogP contribution in [0.15, 0.2) is 4.52 Å². The highest BCUT2D eigenvalue weighted by Crippen LogP contribution is 2.23. The number of anilines is 1. The number of rotatable bonds is 2. The minimum atomic E-state index is -0.188. The number of hydrogen-bond acceptors (Lipinski definition) is 4. The van der Waals surface area contributed by atoms with Crippen molar-refractivity contribution in [3.8, 4) is 0 Å². The lowest BCUT2D eigenvalue weighted by atomic mass is 10.1. The number of aromatic nitrogens is 1. The lowest BCUT2D eigenvalue weighted by Crippen LogP contribution is -1.99. The molecule has 0 radical (unpaired) electrons. The van der Waals surface area contributed by atoms with E-state index in [4.69, 9.17) is 10.3 Å². The molecule has 0 fully saturated rings. The van der Waals surface area contributed by atoms with Gasteiger partial charge in [0.15, 0.2) is 5.78 Å². The quantitative estimate of drug-likeness (QED) is 0.680. The van der Waals surface area contributed by atoms with Gasteiger partial charge >= 0.3 is 0 Å². The fourth-order valence-electron chi connectivity index (χ4n) is 0.980. The van der Waals surface area contributed by atoms with Gasteiger partial charge in [-0.3, -0.25) is 4.79 Å². The van der Waals surface area contributed by atoms with Crippen LogP contribution in [0.1, 0.15) is 42.9 Å². The van der Waals surface area contributed by atoms with Gasteiger partial charge in [0, 0.05) is 12.8 Å². The van der Waals surface area contributed by atoms with Crippen LogP contribution in [0.2, 0.25) is 0 Å². The molecule has 0 spiro atoms. The van der Waals surface area contributed by atoms with Crippen molar-refractivity contribution in [1.82, 2.24) is 5.16 Å². The molecule has 0 bridgehead atoms. The largest absolute Gasteiger partial charge is 0.394 e. The zero-order valence-electron chi connectivity index (χ0n) is 7.42. The summed E-state index contributed by atoms with van der Waals surface area (Å²) in [6, 6.07) is 0. The molecule has 0 atom stereocenters. The predicted molar refractivity (Wildman–Crippen MR) is 45.0 cm³/mol. The van der Waals surface area contributed by atoms with Gasteiger partial charge in [0.25, 0.3) is 0 Å². The first-order chi connectivity index (χ1) is 5.54. The first kappa shape index (κ1) is 8.77. The average molecular weight is 168 g/mol. The first-order valence-electron chi connectivity index (χ1n) is 3.80. The molecule has 2 N–H and O–H groups in total. The van der Waals surface area contributed by atoms with Crippen molar-refractivity contribution < 1.29 is 9.32 Å². The number of carbonyl (C=O) groups is 1. The standard InChI is InChI=1S/C8H12N2O2/c1-4(2)7-6(9)8(5(3)11)12-10-7/h4H,9H2,1-3H3. The third-order valence-electron chi connectivity index (χ3n) is 1.62. The smallest absolute Gasteiger partial charge is 0.225 e. The minimum Gasteiger partial charge on any atom is -0.394 e. The molecule has 0 aliphatic rings. The van der Waals surface area contributed by atoms with Crippen LogP contribution in [0.25, 0.3) is 0 Å². The Hall–Kier alpha value is -1.32. The molecule has 1 rings (SSSR count). The van der Waals surface area contributed by atoms with Crippen molar-refractivity contribution in [2.24, 2.45) is 0 Å².